The third kappa shape index (κ3) is 2.35. The SMILES string of the molecule is CC(C(O)c1cc2ccccc2o1)S(C)(=O)=O. The monoisotopic (exact) mass is 254 g/mol. The highest BCUT2D eigenvalue weighted by atomic mass is 32.2. The molecule has 0 bridgehead atoms. The van der Waals surface area contributed by atoms with Gasteiger partial charge in [0.15, 0.2) is 9.84 Å². The van der Waals surface area contributed by atoms with E-state index in [1.165, 1.54) is 6.92 Å². The second kappa shape index (κ2) is 4.16. The lowest BCUT2D eigenvalue weighted by Gasteiger charge is -2.14. The van der Waals surface area contributed by atoms with Crippen LogP contribution in [-0.2, 0) is 9.84 Å². The molecular formula is C12H14O4S. The number of fused-ring (bicyclic) bond motifs is 1. The van der Waals surface area contributed by atoms with Crippen molar-refractivity contribution in [3.63, 3.8) is 0 Å². The van der Waals surface area contributed by atoms with Crippen LogP contribution in [0.4, 0.5) is 0 Å². The van der Waals surface area contributed by atoms with Gasteiger partial charge < -0.3 is 9.52 Å². The van der Waals surface area contributed by atoms with Crippen molar-refractivity contribution in [2.75, 3.05) is 6.26 Å². The van der Waals surface area contributed by atoms with Crippen LogP contribution in [0.25, 0.3) is 11.0 Å². The zero-order valence-corrected chi connectivity index (χ0v) is 10.4. The minimum atomic E-state index is -3.30. The van der Waals surface area contributed by atoms with E-state index in [1.807, 2.05) is 18.2 Å². The number of benzene rings is 1. The van der Waals surface area contributed by atoms with Gasteiger partial charge in [-0.05, 0) is 19.1 Å². The first-order chi connectivity index (χ1) is 7.89. The largest absolute Gasteiger partial charge is 0.458 e. The van der Waals surface area contributed by atoms with Crippen molar-refractivity contribution in [2.24, 2.45) is 0 Å². The Hall–Kier alpha value is -1.33. The molecule has 2 unspecified atom stereocenters. The smallest absolute Gasteiger partial charge is 0.153 e. The average molecular weight is 254 g/mol. The Labute approximate surface area is 99.8 Å². The van der Waals surface area contributed by atoms with Crippen LogP contribution in [-0.4, -0.2) is 25.0 Å². The number of aliphatic hydroxyl groups is 1. The maximum absolute atomic E-state index is 11.4. The maximum atomic E-state index is 11.4. The van der Waals surface area contributed by atoms with Crippen molar-refractivity contribution < 1.29 is 17.9 Å². The number of furan rings is 1. The molecule has 0 radical (unpaired) electrons. The van der Waals surface area contributed by atoms with Crippen LogP contribution in [0.15, 0.2) is 34.7 Å². The van der Waals surface area contributed by atoms with Gasteiger partial charge >= 0.3 is 0 Å². The summed E-state index contributed by atoms with van der Waals surface area (Å²) in [6, 6.07) is 8.97. The predicted octanol–water partition coefficient (Wildman–Crippen LogP) is 1.90. The Morgan fingerprint density at radius 1 is 1.29 bits per heavy atom. The number of hydrogen-bond donors (Lipinski definition) is 1. The molecule has 92 valence electrons. The van der Waals surface area contributed by atoms with Gasteiger partial charge in [0.25, 0.3) is 0 Å². The van der Waals surface area contributed by atoms with Gasteiger partial charge in [-0.3, -0.25) is 0 Å². The highest BCUT2D eigenvalue weighted by Gasteiger charge is 2.27. The summed E-state index contributed by atoms with van der Waals surface area (Å²) in [4.78, 5) is 0. The fourth-order valence-electron chi connectivity index (χ4n) is 1.61. The van der Waals surface area contributed by atoms with Gasteiger partial charge in [0.05, 0.1) is 5.25 Å². The molecular weight excluding hydrogens is 240 g/mol. The van der Waals surface area contributed by atoms with Crippen LogP contribution in [0.1, 0.15) is 18.8 Å². The molecule has 1 aromatic carbocycles. The first kappa shape index (κ1) is 12.1. The maximum Gasteiger partial charge on any atom is 0.153 e. The van der Waals surface area contributed by atoms with Gasteiger partial charge in [0.2, 0.25) is 0 Å². The Morgan fingerprint density at radius 2 is 1.94 bits per heavy atom. The van der Waals surface area contributed by atoms with Crippen LogP contribution in [0, 0.1) is 0 Å². The van der Waals surface area contributed by atoms with E-state index in [2.05, 4.69) is 0 Å². The zero-order chi connectivity index (χ0) is 12.6. The van der Waals surface area contributed by atoms with E-state index in [0.29, 0.717) is 5.58 Å². The Kier molecular flexibility index (Phi) is 2.97. The van der Waals surface area contributed by atoms with Crippen LogP contribution in [0.3, 0.4) is 0 Å². The lowest BCUT2D eigenvalue weighted by Crippen LogP contribution is -2.23. The van der Waals surface area contributed by atoms with E-state index in [0.717, 1.165) is 11.6 Å². The van der Waals surface area contributed by atoms with Gasteiger partial charge in [-0.25, -0.2) is 8.42 Å². The summed E-state index contributed by atoms with van der Waals surface area (Å²) in [5.41, 5.74) is 0.641. The molecule has 1 N–H and O–H groups in total. The van der Waals surface area contributed by atoms with Crippen LogP contribution < -0.4 is 0 Å². The normalized spacial score (nSPS) is 15.9. The minimum absolute atomic E-state index is 0.282. The fraction of sp³-hybridized carbons (Fsp3) is 0.333. The summed E-state index contributed by atoms with van der Waals surface area (Å²) in [7, 11) is -3.30. The lowest BCUT2D eigenvalue weighted by molar-refractivity contribution is 0.151. The topological polar surface area (TPSA) is 67.5 Å². The van der Waals surface area contributed by atoms with Gasteiger partial charge in [0, 0.05) is 11.6 Å². The molecule has 0 spiro atoms. The molecule has 0 amide bonds. The summed E-state index contributed by atoms with van der Waals surface area (Å²) < 4.78 is 28.2. The second-order valence-electron chi connectivity index (χ2n) is 4.17. The number of hydrogen-bond acceptors (Lipinski definition) is 4. The van der Waals surface area contributed by atoms with Crippen molar-refractivity contribution in [1.82, 2.24) is 0 Å². The van der Waals surface area contributed by atoms with Crippen molar-refractivity contribution in [3.05, 3.63) is 36.1 Å². The highest BCUT2D eigenvalue weighted by molar-refractivity contribution is 7.91. The molecule has 0 saturated heterocycles. The Bertz CT molecular complexity index is 594. The van der Waals surface area contributed by atoms with E-state index < -0.39 is 21.2 Å². The minimum Gasteiger partial charge on any atom is -0.458 e. The van der Waals surface area contributed by atoms with E-state index in [1.54, 1.807) is 12.1 Å². The number of sulfone groups is 1. The third-order valence-electron chi connectivity index (χ3n) is 2.86. The second-order valence-corrected chi connectivity index (χ2v) is 6.57. The predicted molar refractivity (Wildman–Crippen MR) is 65.5 cm³/mol. The first-order valence-electron chi connectivity index (χ1n) is 5.25. The highest BCUT2D eigenvalue weighted by Crippen LogP contribution is 2.27. The zero-order valence-electron chi connectivity index (χ0n) is 9.62. The van der Waals surface area contributed by atoms with E-state index in [-0.39, 0.29) is 5.76 Å². The quantitative estimate of drug-likeness (QED) is 0.908. The van der Waals surface area contributed by atoms with Crippen molar-refractivity contribution >= 4 is 20.8 Å². The number of para-hydroxylation sites is 1. The molecule has 1 aromatic heterocycles. The molecule has 0 aliphatic rings. The summed E-state index contributed by atoms with van der Waals surface area (Å²) in [6.45, 7) is 1.47. The molecule has 1 heterocycles. The van der Waals surface area contributed by atoms with E-state index in [4.69, 9.17) is 4.42 Å². The molecule has 0 aliphatic carbocycles. The van der Waals surface area contributed by atoms with Crippen molar-refractivity contribution in [1.29, 1.82) is 0 Å². The summed E-state index contributed by atoms with van der Waals surface area (Å²) in [6.07, 6.45) is -0.0406. The number of aliphatic hydroxyl groups excluding tert-OH is 1. The number of rotatable bonds is 3. The van der Waals surface area contributed by atoms with Gasteiger partial charge in [-0.1, -0.05) is 18.2 Å². The molecule has 2 aromatic rings. The average Bonchev–Trinajstić information content (AvgIpc) is 2.69. The van der Waals surface area contributed by atoms with Crippen molar-refractivity contribution in [2.45, 2.75) is 18.3 Å². The fourth-order valence-corrected chi connectivity index (χ4v) is 2.22. The van der Waals surface area contributed by atoms with E-state index in [9.17, 15) is 13.5 Å². The molecule has 5 heteroatoms. The Morgan fingerprint density at radius 3 is 2.53 bits per heavy atom. The Balaban J connectivity index is 2.40. The van der Waals surface area contributed by atoms with E-state index >= 15 is 0 Å². The molecule has 4 nitrogen and oxygen atoms in total. The van der Waals surface area contributed by atoms with Crippen molar-refractivity contribution in [3.8, 4) is 0 Å². The molecule has 0 fully saturated rings. The molecule has 0 aliphatic heterocycles. The van der Waals surface area contributed by atoms with Gasteiger partial charge in [0.1, 0.15) is 17.4 Å². The molecule has 0 saturated carbocycles. The standard InChI is InChI=1S/C12H14O4S/c1-8(17(2,14)15)12(13)11-7-9-5-3-4-6-10(9)16-11/h3-8,12-13H,1-2H3. The summed E-state index contributed by atoms with van der Waals surface area (Å²) >= 11 is 0. The lowest BCUT2D eigenvalue weighted by atomic mass is 10.2. The van der Waals surface area contributed by atoms with Crippen LogP contribution in [0.5, 0.6) is 0 Å². The first-order valence-corrected chi connectivity index (χ1v) is 7.20. The molecule has 2 rings (SSSR count). The third-order valence-corrected chi connectivity index (χ3v) is 4.46. The summed E-state index contributed by atoms with van der Waals surface area (Å²) in [5.74, 6) is 0.282. The van der Waals surface area contributed by atoms with Crippen LogP contribution >= 0.6 is 0 Å². The molecule has 2 atom stereocenters. The van der Waals surface area contributed by atoms with Gasteiger partial charge in [-0.15, -0.1) is 0 Å². The van der Waals surface area contributed by atoms with Crippen LogP contribution in [0.2, 0.25) is 0 Å². The summed E-state index contributed by atoms with van der Waals surface area (Å²) in [5, 5.41) is 9.92. The molecule has 17 heavy (non-hydrogen) atoms. The van der Waals surface area contributed by atoms with Gasteiger partial charge in [-0.2, -0.15) is 0 Å².